The van der Waals surface area contributed by atoms with Crippen LogP contribution in [0.4, 0.5) is 0 Å². The van der Waals surface area contributed by atoms with Crippen molar-refractivity contribution in [3.63, 3.8) is 0 Å². The molecule has 2 rings (SSSR count). The van der Waals surface area contributed by atoms with E-state index in [1.807, 2.05) is 6.92 Å². The number of carbonyl (C=O) groups is 1. The minimum Gasteiger partial charge on any atom is -0.469 e. The fourth-order valence-electron chi connectivity index (χ4n) is 2.91. The Morgan fingerprint density at radius 1 is 1.45 bits per heavy atom. The van der Waals surface area contributed by atoms with Gasteiger partial charge < -0.3 is 10.1 Å². The Hall–Kier alpha value is -1.63. The number of nitrogens with zero attached hydrogens (tertiary/aromatic N) is 3. The Morgan fingerprint density at radius 2 is 2.27 bits per heavy atom. The molecule has 0 aliphatic carbocycles. The summed E-state index contributed by atoms with van der Waals surface area (Å²) in [5.74, 6) is 1.01. The summed E-state index contributed by atoms with van der Waals surface area (Å²) in [6.45, 7) is 5.10. The third-order valence-electron chi connectivity index (χ3n) is 4.16. The molecule has 7 heteroatoms. The van der Waals surface area contributed by atoms with Crippen LogP contribution in [0, 0.1) is 0 Å². The molecule has 1 aliphatic rings. The lowest BCUT2D eigenvalue weighted by atomic mass is 9.99. The molecule has 1 saturated heterocycles. The lowest BCUT2D eigenvalue weighted by Crippen LogP contribution is -2.31. The highest BCUT2D eigenvalue weighted by atomic mass is 16.5. The number of esters is 1. The summed E-state index contributed by atoms with van der Waals surface area (Å²) < 4.78 is 7.93. The molecule has 0 bridgehead atoms. The van der Waals surface area contributed by atoms with Crippen LogP contribution in [0.5, 0.6) is 0 Å². The molecule has 0 spiro atoms. The Morgan fingerprint density at radius 3 is 2.91 bits per heavy atom. The predicted molar refractivity (Wildman–Crippen MR) is 82.9 cm³/mol. The third kappa shape index (κ3) is 3.97. The Kier molecular flexibility index (Phi) is 6.18. The summed E-state index contributed by atoms with van der Waals surface area (Å²) >= 11 is 0. The molecule has 124 valence electrons. The van der Waals surface area contributed by atoms with Gasteiger partial charge in [0, 0.05) is 32.0 Å². The van der Waals surface area contributed by atoms with Crippen LogP contribution >= 0.6 is 0 Å². The fourth-order valence-corrected chi connectivity index (χ4v) is 2.91. The average molecular weight is 310 g/mol. The van der Waals surface area contributed by atoms with Crippen molar-refractivity contribution in [2.45, 2.75) is 58.0 Å². The van der Waals surface area contributed by atoms with Crippen molar-refractivity contribution in [3.8, 4) is 0 Å². The van der Waals surface area contributed by atoms with Gasteiger partial charge in [-0.15, -0.1) is 0 Å². The maximum absolute atomic E-state index is 12.4. The minimum atomic E-state index is -0.208. The zero-order valence-electron chi connectivity index (χ0n) is 13.5. The van der Waals surface area contributed by atoms with Gasteiger partial charge in [-0.1, -0.05) is 0 Å². The molecule has 7 nitrogen and oxygen atoms in total. The lowest BCUT2D eigenvalue weighted by Gasteiger charge is -2.21. The third-order valence-corrected chi connectivity index (χ3v) is 4.16. The summed E-state index contributed by atoms with van der Waals surface area (Å²) in [5, 5.41) is 7.92. The molecule has 0 unspecified atom stereocenters. The van der Waals surface area contributed by atoms with Crippen molar-refractivity contribution < 1.29 is 9.53 Å². The predicted octanol–water partition coefficient (Wildman–Crippen LogP) is 0.875. The maximum atomic E-state index is 12.4. The molecule has 1 aromatic heterocycles. The summed E-state index contributed by atoms with van der Waals surface area (Å²) in [6, 6.07) is 0. The molecule has 0 aromatic carbocycles. The number of hydrogen-bond acceptors (Lipinski definition) is 5. The van der Waals surface area contributed by atoms with E-state index in [0.29, 0.717) is 31.8 Å². The number of aryl methyl sites for hydroxylation is 1. The summed E-state index contributed by atoms with van der Waals surface area (Å²) in [4.78, 5) is 23.5. The van der Waals surface area contributed by atoms with E-state index in [2.05, 4.69) is 15.2 Å². The number of unbranched alkanes of at least 4 members (excludes halogenated alkanes) is 1. The number of rotatable bonds is 7. The molecule has 1 aliphatic heterocycles. The van der Waals surface area contributed by atoms with Gasteiger partial charge in [0.25, 0.3) is 0 Å². The van der Waals surface area contributed by atoms with Crippen LogP contribution in [-0.2, 0) is 22.6 Å². The van der Waals surface area contributed by atoms with Gasteiger partial charge in [-0.25, -0.2) is 9.48 Å². The van der Waals surface area contributed by atoms with E-state index in [1.165, 1.54) is 7.11 Å². The number of carbonyl (C=O) groups excluding carboxylic acids is 1. The molecule has 0 amide bonds. The summed E-state index contributed by atoms with van der Waals surface area (Å²) in [7, 11) is 1.39. The monoisotopic (exact) mass is 310 g/mol. The fraction of sp³-hybridized carbons (Fsp3) is 0.800. The first-order valence-electron chi connectivity index (χ1n) is 8.12. The highest BCUT2D eigenvalue weighted by Gasteiger charge is 2.23. The average Bonchev–Trinajstić information content (AvgIpc) is 2.88. The molecule has 0 radical (unpaired) electrons. The second-order valence-corrected chi connectivity index (χ2v) is 5.68. The first-order valence-corrected chi connectivity index (χ1v) is 8.12. The van der Waals surface area contributed by atoms with Gasteiger partial charge in [0.15, 0.2) is 0 Å². The van der Waals surface area contributed by atoms with Gasteiger partial charge in [-0.3, -0.25) is 9.36 Å². The van der Waals surface area contributed by atoms with Crippen molar-refractivity contribution >= 4 is 5.97 Å². The summed E-state index contributed by atoms with van der Waals surface area (Å²) in [6.07, 6.45) is 4.04. The van der Waals surface area contributed by atoms with Crippen LogP contribution in [-0.4, -0.2) is 40.5 Å². The van der Waals surface area contributed by atoms with Crippen molar-refractivity contribution in [2.24, 2.45) is 0 Å². The zero-order chi connectivity index (χ0) is 15.9. The van der Waals surface area contributed by atoms with Gasteiger partial charge in [0.2, 0.25) is 0 Å². The van der Waals surface area contributed by atoms with Gasteiger partial charge in [0.1, 0.15) is 5.82 Å². The van der Waals surface area contributed by atoms with E-state index in [1.54, 1.807) is 9.25 Å². The topological polar surface area (TPSA) is 78.2 Å². The SMILES string of the molecule is CCn1c([C@H]2CCCNC2)nn(CCCCC(=O)OC)c1=O. The largest absolute Gasteiger partial charge is 0.469 e. The van der Waals surface area contributed by atoms with E-state index in [-0.39, 0.29) is 11.7 Å². The van der Waals surface area contributed by atoms with E-state index in [0.717, 1.165) is 38.2 Å². The Labute approximate surface area is 130 Å². The smallest absolute Gasteiger partial charge is 0.345 e. The molecule has 1 N–H and O–H groups in total. The molecule has 0 saturated carbocycles. The van der Waals surface area contributed by atoms with E-state index < -0.39 is 0 Å². The standard InChI is InChI=1S/C15H26N4O3/c1-3-18-14(12-7-6-9-16-11-12)17-19(15(18)21)10-5-4-8-13(20)22-2/h12,16H,3-11H2,1-2H3/t12-/m0/s1. The van der Waals surface area contributed by atoms with Crippen molar-refractivity contribution in [1.29, 1.82) is 0 Å². The van der Waals surface area contributed by atoms with E-state index in [4.69, 9.17) is 0 Å². The number of aromatic nitrogens is 3. The van der Waals surface area contributed by atoms with Gasteiger partial charge in [-0.2, -0.15) is 5.10 Å². The van der Waals surface area contributed by atoms with Crippen LogP contribution < -0.4 is 11.0 Å². The van der Waals surface area contributed by atoms with Crippen LogP contribution in [0.1, 0.15) is 50.8 Å². The summed E-state index contributed by atoms with van der Waals surface area (Å²) in [5.41, 5.74) is -0.0406. The Balaban J connectivity index is 2.01. The molecular weight excluding hydrogens is 284 g/mol. The molecular formula is C15H26N4O3. The van der Waals surface area contributed by atoms with Crippen LogP contribution in [0.25, 0.3) is 0 Å². The van der Waals surface area contributed by atoms with Gasteiger partial charge in [-0.05, 0) is 39.2 Å². The normalized spacial score (nSPS) is 18.4. The second-order valence-electron chi connectivity index (χ2n) is 5.68. The molecule has 1 aromatic rings. The second kappa shape index (κ2) is 8.12. The Bertz CT molecular complexity index is 543. The molecule has 1 fully saturated rings. The number of methoxy groups -OCH3 is 1. The van der Waals surface area contributed by atoms with E-state index >= 15 is 0 Å². The van der Waals surface area contributed by atoms with Gasteiger partial charge >= 0.3 is 11.7 Å². The molecule has 22 heavy (non-hydrogen) atoms. The number of hydrogen-bond donors (Lipinski definition) is 1. The maximum Gasteiger partial charge on any atom is 0.345 e. The first-order chi connectivity index (χ1) is 10.7. The number of ether oxygens (including phenoxy) is 1. The number of piperidine rings is 1. The van der Waals surface area contributed by atoms with Crippen molar-refractivity contribution in [2.75, 3.05) is 20.2 Å². The molecule has 1 atom stereocenters. The minimum absolute atomic E-state index is 0.0406. The van der Waals surface area contributed by atoms with Crippen LogP contribution in [0.2, 0.25) is 0 Å². The van der Waals surface area contributed by atoms with Crippen LogP contribution in [0.15, 0.2) is 4.79 Å². The lowest BCUT2D eigenvalue weighted by molar-refractivity contribution is -0.140. The first kappa shape index (κ1) is 16.7. The highest BCUT2D eigenvalue weighted by Crippen LogP contribution is 2.20. The number of nitrogens with one attached hydrogen (secondary N) is 1. The van der Waals surface area contributed by atoms with Crippen molar-refractivity contribution in [1.82, 2.24) is 19.7 Å². The highest BCUT2D eigenvalue weighted by molar-refractivity contribution is 5.68. The quantitative estimate of drug-likeness (QED) is 0.597. The zero-order valence-corrected chi connectivity index (χ0v) is 13.5. The van der Waals surface area contributed by atoms with Crippen molar-refractivity contribution in [3.05, 3.63) is 16.3 Å². The van der Waals surface area contributed by atoms with Crippen LogP contribution in [0.3, 0.4) is 0 Å². The van der Waals surface area contributed by atoms with E-state index in [9.17, 15) is 9.59 Å². The molecule has 2 heterocycles. The van der Waals surface area contributed by atoms with Gasteiger partial charge in [0.05, 0.1) is 7.11 Å².